The number of hydrogen-bond donors (Lipinski definition) is 0. The Labute approximate surface area is 184 Å². The smallest absolute Gasteiger partial charge is 0.313 e. The van der Waals surface area contributed by atoms with Crippen LogP contribution in [-0.2, 0) is 4.84 Å². The van der Waals surface area contributed by atoms with Crippen LogP contribution in [0.5, 0.6) is 0 Å². The maximum atomic E-state index is 13.4. The van der Waals surface area contributed by atoms with Crippen LogP contribution in [-0.4, -0.2) is 11.7 Å². The van der Waals surface area contributed by atoms with E-state index in [1.165, 1.54) is 41.5 Å². The van der Waals surface area contributed by atoms with E-state index in [0.717, 1.165) is 12.0 Å². The second kappa shape index (κ2) is 8.58. The van der Waals surface area contributed by atoms with Gasteiger partial charge in [-0.3, -0.25) is 0 Å². The van der Waals surface area contributed by atoms with Crippen molar-refractivity contribution in [3.63, 3.8) is 0 Å². The molecule has 6 heteroatoms. The van der Waals surface area contributed by atoms with Crippen LogP contribution in [0, 0.1) is 18.7 Å². The fraction of sp³-hybridized carbons (Fsp3) is 0.167. The fourth-order valence-electron chi connectivity index (χ4n) is 3.40. The van der Waals surface area contributed by atoms with Gasteiger partial charge >= 0.3 is 5.97 Å². The van der Waals surface area contributed by atoms with Crippen molar-refractivity contribution in [3.8, 4) is 0 Å². The standard InChI is InChI=1S/C24H18Cl2FNO2/c1-14-2-4-15(5-3-14)19-13-20(19)23(16-6-9-18(27)10-7-16)28-30-24(29)17-8-11-21(25)22(26)12-17/h2-12,19-20H,13H2,1H3/b28-23+. The van der Waals surface area contributed by atoms with E-state index in [-0.39, 0.29) is 28.2 Å². The van der Waals surface area contributed by atoms with Gasteiger partial charge in [-0.15, -0.1) is 0 Å². The molecule has 1 aliphatic rings. The molecule has 0 saturated heterocycles. The van der Waals surface area contributed by atoms with Crippen molar-refractivity contribution in [1.29, 1.82) is 0 Å². The first-order valence-corrected chi connectivity index (χ1v) is 10.2. The Hall–Kier alpha value is -2.69. The maximum absolute atomic E-state index is 13.4. The monoisotopic (exact) mass is 441 g/mol. The molecule has 4 rings (SSSR count). The molecule has 2 unspecified atom stereocenters. The lowest BCUT2D eigenvalue weighted by atomic mass is 10.0. The summed E-state index contributed by atoms with van der Waals surface area (Å²) in [5.41, 5.74) is 3.99. The Morgan fingerprint density at radius 2 is 1.63 bits per heavy atom. The molecule has 3 aromatic rings. The lowest BCUT2D eigenvalue weighted by Gasteiger charge is -2.08. The van der Waals surface area contributed by atoms with Crippen LogP contribution < -0.4 is 0 Å². The van der Waals surface area contributed by atoms with Gasteiger partial charge < -0.3 is 4.84 Å². The molecule has 1 saturated carbocycles. The number of benzene rings is 3. The molecule has 0 aromatic heterocycles. The minimum absolute atomic E-state index is 0.0831. The van der Waals surface area contributed by atoms with Gasteiger partial charge in [0, 0.05) is 5.92 Å². The highest BCUT2D eigenvalue weighted by Crippen LogP contribution is 2.49. The summed E-state index contributed by atoms with van der Waals surface area (Å²) in [5.74, 6) is -0.615. The van der Waals surface area contributed by atoms with E-state index >= 15 is 0 Å². The number of rotatable bonds is 5. The summed E-state index contributed by atoms with van der Waals surface area (Å²) in [4.78, 5) is 17.7. The fourth-order valence-corrected chi connectivity index (χ4v) is 3.70. The highest BCUT2D eigenvalue weighted by molar-refractivity contribution is 6.42. The van der Waals surface area contributed by atoms with Crippen LogP contribution in [0.1, 0.15) is 39.4 Å². The molecule has 0 heterocycles. The molecular weight excluding hydrogens is 424 g/mol. The Morgan fingerprint density at radius 3 is 2.30 bits per heavy atom. The predicted octanol–water partition coefficient (Wildman–Crippen LogP) is 6.81. The van der Waals surface area contributed by atoms with E-state index in [4.69, 9.17) is 28.0 Å². The van der Waals surface area contributed by atoms with Crippen LogP contribution in [0.3, 0.4) is 0 Å². The molecular formula is C24H18Cl2FNO2. The van der Waals surface area contributed by atoms with Crippen molar-refractivity contribution in [2.24, 2.45) is 11.1 Å². The molecule has 0 N–H and O–H groups in total. The summed E-state index contributed by atoms with van der Waals surface area (Å²) >= 11 is 11.9. The minimum atomic E-state index is -0.638. The summed E-state index contributed by atoms with van der Waals surface area (Å²) in [6, 6.07) is 18.9. The maximum Gasteiger partial charge on any atom is 0.365 e. The summed E-state index contributed by atoms with van der Waals surface area (Å²) < 4.78 is 13.4. The van der Waals surface area contributed by atoms with Gasteiger partial charge in [-0.05, 0) is 60.7 Å². The Kier molecular flexibility index (Phi) is 5.89. The second-order valence-electron chi connectivity index (χ2n) is 7.35. The van der Waals surface area contributed by atoms with Crippen LogP contribution in [0.25, 0.3) is 0 Å². The number of carbonyl (C=O) groups is 1. The van der Waals surface area contributed by atoms with Crippen molar-refractivity contribution in [1.82, 2.24) is 0 Å². The lowest BCUT2D eigenvalue weighted by Crippen LogP contribution is -2.09. The number of oxime groups is 1. The Morgan fingerprint density at radius 1 is 0.967 bits per heavy atom. The van der Waals surface area contributed by atoms with Crippen LogP contribution >= 0.6 is 23.2 Å². The van der Waals surface area contributed by atoms with Crippen molar-refractivity contribution in [2.45, 2.75) is 19.3 Å². The Bertz CT molecular complexity index is 1110. The molecule has 0 spiro atoms. The SMILES string of the molecule is Cc1ccc(C2CC2/C(=N/OC(=O)c2ccc(Cl)c(Cl)c2)c2ccc(F)cc2)cc1. The van der Waals surface area contributed by atoms with Gasteiger partial charge in [0.15, 0.2) is 0 Å². The molecule has 2 atom stereocenters. The quantitative estimate of drug-likeness (QED) is 0.248. The van der Waals surface area contributed by atoms with Crippen LogP contribution in [0.2, 0.25) is 10.0 Å². The summed E-state index contributed by atoms with van der Waals surface area (Å²) in [6.07, 6.45) is 0.879. The minimum Gasteiger partial charge on any atom is -0.313 e. The molecule has 0 aliphatic heterocycles. The van der Waals surface area contributed by atoms with E-state index < -0.39 is 5.97 Å². The van der Waals surface area contributed by atoms with Crippen LogP contribution in [0.4, 0.5) is 4.39 Å². The molecule has 152 valence electrons. The normalized spacial score (nSPS) is 18.2. The van der Waals surface area contributed by atoms with Gasteiger partial charge in [-0.25, -0.2) is 9.18 Å². The third-order valence-electron chi connectivity index (χ3n) is 5.17. The van der Waals surface area contributed by atoms with Crippen molar-refractivity contribution >= 4 is 34.9 Å². The first kappa shape index (κ1) is 20.6. The van der Waals surface area contributed by atoms with Gasteiger partial charge in [-0.2, -0.15) is 0 Å². The molecule has 30 heavy (non-hydrogen) atoms. The lowest BCUT2D eigenvalue weighted by molar-refractivity contribution is 0.0515. The van der Waals surface area contributed by atoms with E-state index in [1.807, 2.05) is 6.92 Å². The first-order valence-electron chi connectivity index (χ1n) is 9.49. The topological polar surface area (TPSA) is 38.7 Å². The third kappa shape index (κ3) is 4.55. The van der Waals surface area contributed by atoms with E-state index in [1.54, 1.807) is 12.1 Å². The van der Waals surface area contributed by atoms with Gasteiger partial charge in [0.2, 0.25) is 0 Å². The van der Waals surface area contributed by atoms with Crippen LogP contribution in [0.15, 0.2) is 71.9 Å². The average molecular weight is 442 g/mol. The molecule has 0 bridgehead atoms. The number of nitrogens with zero attached hydrogens (tertiary/aromatic N) is 1. The molecule has 1 aliphatic carbocycles. The van der Waals surface area contributed by atoms with E-state index in [2.05, 4.69) is 29.4 Å². The highest BCUT2D eigenvalue weighted by Gasteiger charge is 2.43. The van der Waals surface area contributed by atoms with Gasteiger partial charge in [0.05, 0.1) is 21.3 Å². The molecule has 3 aromatic carbocycles. The zero-order valence-corrected chi connectivity index (χ0v) is 17.6. The van der Waals surface area contributed by atoms with Crippen molar-refractivity contribution in [2.75, 3.05) is 0 Å². The average Bonchev–Trinajstić information content (AvgIpc) is 3.52. The molecule has 3 nitrogen and oxygen atoms in total. The third-order valence-corrected chi connectivity index (χ3v) is 5.91. The van der Waals surface area contributed by atoms with E-state index in [0.29, 0.717) is 10.7 Å². The summed E-state index contributed by atoms with van der Waals surface area (Å²) in [5, 5.41) is 4.79. The molecule has 1 fully saturated rings. The molecule has 0 amide bonds. The number of hydrogen-bond acceptors (Lipinski definition) is 3. The second-order valence-corrected chi connectivity index (χ2v) is 8.16. The molecule has 0 radical (unpaired) electrons. The highest BCUT2D eigenvalue weighted by atomic mass is 35.5. The predicted molar refractivity (Wildman–Crippen MR) is 117 cm³/mol. The summed E-state index contributed by atoms with van der Waals surface area (Å²) in [7, 11) is 0. The van der Waals surface area contributed by atoms with Crippen molar-refractivity contribution in [3.05, 3.63) is 105 Å². The number of aryl methyl sites for hydroxylation is 1. The summed E-state index contributed by atoms with van der Waals surface area (Å²) in [6.45, 7) is 2.04. The van der Waals surface area contributed by atoms with Crippen molar-refractivity contribution < 1.29 is 14.0 Å². The number of halogens is 3. The first-order chi connectivity index (χ1) is 14.4. The van der Waals surface area contributed by atoms with E-state index in [9.17, 15) is 9.18 Å². The largest absolute Gasteiger partial charge is 0.365 e. The Balaban J connectivity index is 1.59. The zero-order chi connectivity index (χ0) is 21.3. The number of carbonyl (C=O) groups excluding carboxylic acids is 1. The zero-order valence-electron chi connectivity index (χ0n) is 16.1. The van der Waals surface area contributed by atoms with Gasteiger partial charge in [0.1, 0.15) is 5.82 Å². The van der Waals surface area contributed by atoms with Gasteiger partial charge in [0.25, 0.3) is 0 Å². The van der Waals surface area contributed by atoms with Gasteiger partial charge in [-0.1, -0.05) is 70.3 Å².